The minimum Gasteiger partial charge on any atom is -0.110 e. The average molecular weight is 212 g/mol. The molecule has 0 radical (unpaired) electrons. The van der Waals surface area contributed by atoms with Crippen LogP contribution in [0.2, 0.25) is 0 Å². The van der Waals surface area contributed by atoms with Gasteiger partial charge in [-0.05, 0) is 18.4 Å². The molecule has 0 fully saturated rings. The Balaban J connectivity index is 3.01. The summed E-state index contributed by atoms with van der Waals surface area (Å²) in [7, 11) is 1.66. The number of rotatable bonds is 4. The highest BCUT2D eigenvalue weighted by Gasteiger charge is 2.27. The molecule has 1 aromatic carbocycles. The van der Waals surface area contributed by atoms with Gasteiger partial charge in [0.15, 0.2) is 0 Å². The van der Waals surface area contributed by atoms with Gasteiger partial charge in [-0.25, -0.2) is 0 Å². The monoisotopic (exact) mass is 212 g/mol. The molecule has 1 rings (SSSR count). The van der Waals surface area contributed by atoms with E-state index < -0.39 is 0 Å². The fraction of sp³-hybridized carbons (Fsp3) is 0.455. The standard InChI is InChI=1S/C11H16S2/c1-3-11(4-2,13-12)10-8-6-5-7-9-10/h5-9,12H,3-4H2,1-2H3. The second-order valence-electron chi connectivity index (χ2n) is 3.16. The summed E-state index contributed by atoms with van der Waals surface area (Å²) >= 11 is 4.39. The van der Waals surface area contributed by atoms with Crippen LogP contribution in [0.3, 0.4) is 0 Å². The smallest absolute Gasteiger partial charge is 0.0504 e. The molecule has 0 atom stereocenters. The molecule has 0 aliphatic rings. The molecule has 0 saturated heterocycles. The highest BCUT2D eigenvalue weighted by Crippen LogP contribution is 2.44. The fourth-order valence-electron chi connectivity index (χ4n) is 1.58. The van der Waals surface area contributed by atoms with Crippen molar-refractivity contribution in [1.29, 1.82) is 0 Å². The molecule has 0 aliphatic carbocycles. The lowest BCUT2D eigenvalue weighted by atomic mass is 9.93. The molecular formula is C11H16S2. The molecule has 0 aliphatic heterocycles. The van der Waals surface area contributed by atoms with Crippen LogP contribution in [0, 0.1) is 0 Å². The van der Waals surface area contributed by atoms with E-state index in [1.165, 1.54) is 5.56 Å². The van der Waals surface area contributed by atoms with Crippen molar-refractivity contribution in [2.75, 3.05) is 0 Å². The molecule has 2 heteroatoms. The molecule has 0 unspecified atom stereocenters. The molecule has 0 amide bonds. The third-order valence-corrected chi connectivity index (χ3v) is 4.83. The van der Waals surface area contributed by atoms with Crippen LogP contribution < -0.4 is 0 Å². The molecular weight excluding hydrogens is 196 g/mol. The Bertz CT molecular complexity index is 231. The van der Waals surface area contributed by atoms with E-state index in [4.69, 9.17) is 0 Å². The van der Waals surface area contributed by atoms with Crippen LogP contribution in [0.15, 0.2) is 30.3 Å². The third-order valence-electron chi connectivity index (χ3n) is 2.62. The van der Waals surface area contributed by atoms with Gasteiger partial charge in [0.05, 0.1) is 4.75 Å². The van der Waals surface area contributed by atoms with E-state index in [0.717, 1.165) is 12.8 Å². The Morgan fingerprint density at radius 3 is 2.08 bits per heavy atom. The van der Waals surface area contributed by atoms with E-state index in [2.05, 4.69) is 55.8 Å². The Morgan fingerprint density at radius 1 is 1.15 bits per heavy atom. The van der Waals surface area contributed by atoms with Gasteiger partial charge in [0, 0.05) is 0 Å². The van der Waals surface area contributed by atoms with Crippen LogP contribution in [-0.2, 0) is 4.75 Å². The molecule has 72 valence electrons. The van der Waals surface area contributed by atoms with Gasteiger partial charge in [0.25, 0.3) is 0 Å². The molecule has 0 aromatic heterocycles. The summed E-state index contributed by atoms with van der Waals surface area (Å²) in [6.45, 7) is 4.44. The predicted octanol–water partition coefficient (Wildman–Crippen LogP) is 4.28. The van der Waals surface area contributed by atoms with Crippen molar-refractivity contribution in [1.82, 2.24) is 0 Å². The Morgan fingerprint density at radius 2 is 1.69 bits per heavy atom. The Hall–Kier alpha value is -0.0800. The first-order valence-electron chi connectivity index (χ1n) is 4.67. The molecule has 0 N–H and O–H groups in total. The summed E-state index contributed by atoms with van der Waals surface area (Å²) < 4.78 is 0.199. The number of benzene rings is 1. The van der Waals surface area contributed by atoms with Gasteiger partial charge >= 0.3 is 0 Å². The maximum Gasteiger partial charge on any atom is 0.0504 e. The van der Waals surface area contributed by atoms with Crippen molar-refractivity contribution < 1.29 is 0 Å². The third kappa shape index (κ3) is 2.23. The van der Waals surface area contributed by atoms with Crippen molar-refractivity contribution in [3.05, 3.63) is 35.9 Å². The quantitative estimate of drug-likeness (QED) is 0.574. The molecule has 0 bridgehead atoms. The largest absolute Gasteiger partial charge is 0.110 e. The zero-order chi connectivity index (χ0) is 9.73. The average Bonchev–Trinajstić information content (AvgIpc) is 2.23. The summed E-state index contributed by atoms with van der Waals surface area (Å²) in [5, 5.41) is 0. The van der Waals surface area contributed by atoms with Crippen molar-refractivity contribution in [3.63, 3.8) is 0 Å². The minimum absolute atomic E-state index is 0.199. The minimum atomic E-state index is 0.199. The van der Waals surface area contributed by atoms with Gasteiger partial charge in [0.1, 0.15) is 0 Å². The normalized spacial score (nSPS) is 11.6. The molecule has 0 heterocycles. The SMILES string of the molecule is CCC(CC)(SS)c1ccccc1. The topological polar surface area (TPSA) is 0 Å². The van der Waals surface area contributed by atoms with E-state index in [0.29, 0.717) is 0 Å². The van der Waals surface area contributed by atoms with E-state index in [1.54, 1.807) is 10.8 Å². The van der Waals surface area contributed by atoms with Gasteiger partial charge < -0.3 is 0 Å². The van der Waals surface area contributed by atoms with Gasteiger partial charge in [0.2, 0.25) is 0 Å². The zero-order valence-corrected chi connectivity index (χ0v) is 9.87. The molecule has 13 heavy (non-hydrogen) atoms. The van der Waals surface area contributed by atoms with Gasteiger partial charge in [-0.3, -0.25) is 0 Å². The number of hydrogen-bond acceptors (Lipinski definition) is 2. The number of thiol groups is 1. The lowest BCUT2D eigenvalue weighted by Gasteiger charge is -2.29. The van der Waals surface area contributed by atoms with Crippen molar-refractivity contribution in [3.8, 4) is 0 Å². The van der Waals surface area contributed by atoms with Crippen LogP contribution in [0.1, 0.15) is 32.3 Å². The van der Waals surface area contributed by atoms with Crippen LogP contribution >= 0.6 is 22.5 Å². The zero-order valence-electron chi connectivity index (χ0n) is 8.16. The van der Waals surface area contributed by atoms with E-state index >= 15 is 0 Å². The van der Waals surface area contributed by atoms with Crippen LogP contribution in [0.5, 0.6) is 0 Å². The lowest BCUT2D eigenvalue weighted by molar-refractivity contribution is 0.584. The van der Waals surface area contributed by atoms with E-state index in [1.807, 2.05) is 0 Å². The maximum absolute atomic E-state index is 4.39. The van der Waals surface area contributed by atoms with Crippen molar-refractivity contribution in [2.24, 2.45) is 0 Å². The van der Waals surface area contributed by atoms with Gasteiger partial charge in [-0.15, -0.1) is 11.7 Å². The van der Waals surface area contributed by atoms with E-state index in [9.17, 15) is 0 Å². The first kappa shape index (κ1) is 11.0. The van der Waals surface area contributed by atoms with Crippen molar-refractivity contribution in [2.45, 2.75) is 31.4 Å². The molecule has 1 aromatic rings. The number of hydrogen-bond donors (Lipinski definition) is 1. The van der Waals surface area contributed by atoms with E-state index in [-0.39, 0.29) is 4.75 Å². The summed E-state index contributed by atoms with van der Waals surface area (Å²) in [6, 6.07) is 10.6. The van der Waals surface area contributed by atoms with Crippen LogP contribution in [0.25, 0.3) is 0 Å². The maximum atomic E-state index is 4.39. The molecule has 0 nitrogen and oxygen atoms in total. The van der Waals surface area contributed by atoms with Gasteiger partial charge in [-0.1, -0.05) is 55.0 Å². The van der Waals surface area contributed by atoms with Gasteiger partial charge in [-0.2, -0.15) is 0 Å². The van der Waals surface area contributed by atoms with Crippen molar-refractivity contribution >= 4 is 22.5 Å². The summed E-state index contributed by atoms with van der Waals surface area (Å²) in [5.74, 6) is 0. The Kier molecular flexibility index (Phi) is 4.20. The summed E-state index contributed by atoms with van der Waals surface area (Å²) in [6.07, 6.45) is 2.25. The summed E-state index contributed by atoms with van der Waals surface area (Å²) in [4.78, 5) is 0. The lowest BCUT2D eigenvalue weighted by Crippen LogP contribution is -2.17. The first-order chi connectivity index (χ1) is 6.29. The van der Waals surface area contributed by atoms with Crippen LogP contribution in [-0.4, -0.2) is 0 Å². The Labute approximate surface area is 89.9 Å². The second-order valence-corrected chi connectivity index (χ2v) is 4.67. The summed E-state index contributed by atoms with van der Waals surface area (Å²) in [5.41, 5.74) is 1.39. The highest BCUT2D eigenvalue weighted by molar-refractivity contribution is 8.69. The molecule has 0 saturated carbocycles. The first-order valence-corrected chi connectivity index (χ1v) is 6.54. The molecule has 0 spiro atoms. The van der Waals surface area contributed by atoms with Crippen LogP contribution in [0.4, 0.5) is 0 Å². The second kappa shape index (κ2) is 4.97. The predicted molar refractivity (Wildman–Crippen MR) is 65.3 cm³/mol. The highest BCUT2D eigenvalue weighted by atomic mass is 33.1. The fourth-order valence-corrected chi connectivity index (χ4v) is 3.17.